The molecule has 0 saturated heterocycles. The van der Waals surface area contributed by atoms with Crippen LogP contribution in [0.5, 0.6) is 0 Å². The zero-order chi connectivity index (χ0) is 15.9. The Morgan fingerprint density at radius 1 is 1.17 bits per heavy atom. The summed E-state index contributed by atoms with van der Waals surface area (Å²) in [5.41, 5.74) is 3.97. The third-order valence-electron chi connectivity index (χ3n) is 4.12. The molecule has 0 unspecified atom stereocenters. The van der Waals surface area contributed by atoms with Crippen LogP contribution in [0.15, 0.2) is 53.7 Å². The maximum Gasteiger partial charge on any atom is 0.194 e. The first-order chi connectivity index (χ1) is 11.4. The molecule has 0 saturated carbocycles. The van der Waals surface area contributed by atoms with Crippen molar-refractivity contribution in [3.63, 3.8) is 0 Å². The average molecular weight is 308 g/mol. The van der Waals surface area contributed by atoms with Crippen LogP contribution in [-0.4, -0.2) is 35.5 Å². The van der Waals surface area contributed by atoms with Gasteiger partial charge >= 0.3 is 0 Å². The fraction of sp³-hybridized carbons (Fsp3) is 0.368. The minimum atomic E-state index is 0.761. The van der Waals surface area contributed by atoms with Crippen LogP contribution in [0.2, 0.25) is 0 Å². The van der Waals surface area contributed by atoms with Gasteiger partial charge in [0.15, 0.2) is 5.96 Å². The van der Waals surface area contributed by atoms with Crippen LogP contribution in [0.4, 0.5) is 0 Å². The van der Waals surface area contributed by atoms with E-state index < -0.39 is 0 Å². The molecule has 0 atom stereocenters. The number of guanidine groups is 1. The molecular weight excluding hydrogens is 284 g/mol. The Morgan fingerprint density at radius 2 is 2.00 bits per heavy atom. The van der Waals surface area contributed by atoms with Crippen molar-refractivity contribution < 1.29 is 0 Å². The topological polar surface area (TPSA) is 40.5 Å². The number of pyridine rings is 1. The van der Waals surface area contributed by atoms with Gasteiger partial charge in [-0.05, 0) is 36.6 Å². The second-order valence-electron chi connectivity index (χ2n) is 5.75. The molecule has 1 aliphatic rings. The summed E-state index contributed by atoms with van der Waals surface area (Å²) < 4.78 is 0. The van der Waals surface area contributed by atoms with Gasteiger partial charge in [0.1, 0.15) is 0 Å². The van der Waals surface area contributed by atoms with Crippen molar-refractivity contribution in [2.24, 2.45) is 4.99 Å². The van der Waals surface area contributed by atoms with E-state index in [2.05, 4.69) is 52.5 Å². The molecule has 0 fully saturated rings. The van der Waals surface area contributed by atoms with E-state index in [0.29, 0.717) is 0 Å². The molecule has 1 aromatic heterocycles. The van der Waals surface area contributed by atoms with Gasteiger partial charge in [0, 0.05) is 44.5 Å². The van der Waals surface area contributed by atoms with Gasteiger partial charge in [0.05, 0.1) is 0 Å². The fourth-order valence-corrected chi connectivity index (χ4v) is 2.92. The normalized spacial score (nSPS) is 14.5. The molecular formula is C19H24N4. The van der Waals surface area contributed by atoms with Gasteiger partial charge in [-0.1, -0.05) is 30.3 Å². The van der Waals surface area contributed by atoms with Crippen LogP contribution in [0.25, 0.3) is 0 Å². The lowest BCUT2D eigenvalue weighted by molar-refractivity contribution is 0.379. The molecule has 4 heteroatoms. The minimum absolute atomic E-state index is 0.761. The molecule has 23 heavy (non-hydrogen) atoms. The van der Waals surface area contributed by atoms with Gasteiger partial charge in [-0.2, -0.15) is 0 Å². The predicted octanol–water partition coefficient (Wildman–Crippen LogP) is 2.65. The van der Waals surface area contributed by atoms with E-state index in [-0.39, 0.29) is 0 Å². The maximum absolute atomic E-state index is 4.80. The van der Waals surface area contributed by atoms with Crippen LogP contribution in [0.3, 0.4) is 0 Å². The maximum atomic E-state index is 4.80. The van der Waals surface area contributed by atoms with E-state index in [0.717, 1.165) is 50.7 Å². The molecule has 0 bridgehead atoms. The summed E-state index contributed by atoms with van der Waals surface area (Å²) in [5, 5.41) is 3.42. The SMILES string of the molecule is CCNC(=NCCc1ccccn1)N1CCc2ccccc2C1. The number of rotatable bonds is 4. The first-order valence-corrected chi connectivity index (χ1v) is 8.37. The Kier molecular flexibility index (Phi) is 5.25. The number of benzene rings is 1. The number of aromatic nitrogens is 1. The summed E-state index contributed by atoms with van der Waals surface area (Å²) in [6, 6.07) is 14.7. The van der Waals surface area contributed by atoms with E-state index in [1.165, 1.54) is 11.1 Å². The Hall–Kier alpha value is -2.36. The summed E-state index contributed by atoms with van der Waals surface area (Å²) >= 11 is 0. The highest BCUT2D eigenvalue weighted by Crippen LogP contribution is 2.18. The van der Waals surface area contributed by atoms with Crippen molar-refractivity contribution in [3.8, 4) is 0 Å². The summed E-state index contributed by atoms with van der Waals surface area (Å²) in [4.78, 5) is 11.5. The highest BCUT2D eigenvalue weighted by atomic mass is 15.3. The summed E-state index contributed by atoms with van der Waals surface area (Å²) in [7, 11) is 0. The lowest BCUT2D eigenvalue weighted by Crippen LogP contribution is -2.44. The number of hydrogen-bond donors (Lipinski definition) is 1. The Morgan fingerprint density at radius 3 is 2.78 bits per heavy atom. The van der Waals surface area contributed by atoms with Crippen molar-refractivity contribution in [1.29, 1.82) is 0 Å². The molecule has 0 radical (unpaired) electrons. The Balaban J connectivity index is 1.65. The molecule has 1 N–H and O–H groups in total. The van der Waals surface area contributed by atoms with Crippen LogP contribution in [0, 0.1) is 0 Å². The highest BCUT2D eigenvalue weighted by molar-refractivity contribution is 5.80. The molecule has 120 valence electrons. The Bertz CT molecular complexity index is 651. The number of nitrogens with one attached hydrogen (secondary N) is 1. The van der Waals surface area contributed by atoms with Crippen LogP contribution < -0.4 is 5.32 Å². The Labute approximate surface area is 138 Å². The average Bonchev–Trinajstić information content (AvgIpc) is 2.61. The lowest BCUT2D eigenvalue weighted by Gasteiger charge is -2.31. The standard InChI is InChI=1S/C19H24N4/c1-2-20-19(22-13-10-18-9-5-6-12-21-18)23-14-11-16-7-3-4-8-17(16)15-23/h3-9,12H,2,10-11,13-15H2,1H3,(H,20,22). The number of aliphatic imine (C=N–C) groups is 1. The third kappa shape index (κ3) is 4.09. The van der Waals surface area contributed by atoms with Gasteiger partial charge in [-0.15, -0.1) is 0 Å². The largest absolute Gasteiger partial charge is 0.357 e. The van der Waals surface area contributed by atoms with Gasteiger partial charge in [0.2, 0.25) is 0 Å². The molecule has 1 aromatic carbocycles. The van der Waals surface area contributed by atoms with E-state index in [9.17, 15) is 0 Å². The summed E-state index contributed by atoms with van der Waals surface area (Å²) in [5.74, 6) is 1.01. The highest BCUT2D eigenvalue weighted by Gasteiger charge is 2.18. The van der Waals surface area contributed by atoms with Crippen LogP contribution >= 0.6 is 0 Å². The molecule has 0 spiro atoms. The van der Waals surface area contributed by atoms with E-state index in [1.807, 2.05) is 18.3 Å². The first-order valence-electron chi connectivity index (χ1n) is 8.37. The second-order valence-corrected chi connectivity index (χ2v) is 5.75. The number of nitrogens with zero attached hydrogens (tertiary/aromatic N) is 3. The van der Waals surface area contributed by atoms with Gasteiger partial charge in [-0.3, -0.25) is 9.98 Å². The number of fused-ring (bicyclic) bond motifs is 1. The van der Waals surface area contributed by atoms with Crippen molar-refractivity contribution in [2.75, 3.05) is 19.6 Å². The van der Waals surface area contributed by atoms with Crippen LogP contribution in [0.1, 0.15) is 23.7 Å². The lowest BCUT2D eigenvalue weighted by atomic mass is 10.0. The van der Waals surface area contributed by atoms with E-state index in [4.69, 9.17) is 4.99 Å². The zero-order valence-corrected chi connectivity index (χ0v) is 13.7. The van der Waals surface area contributed by atoms with Crippen molar-refractivity contribution >= 4 is 5.96 Å². The van der Waals surface area contributed by atoms with Gasteiger partial charge in [0.25, 0.3) is 0 Å². The molecule has 4 nitrogen and oxygen atoms in total. The molecule has 0 amide bonds. The van der Waals surface area contributed by atoms with Crippen molar-refractivity contribution in [1.82, 2.24) is 15.2 Å². The minimum Gasteiger partial charge on any atom is -0.357 e. The third-order valence-corrected chi connectivity index (χ3v) is 4.12. The predicted molar refractivity (Wildman–Crippen MR) is 94.5 cm³/mol. The second kappa shape index (κ2) is 7.77. The zero-order valence-electron chi connectivity index (χ0n) is 13.7. The molecule has 2 aromatic rings. The summed E-state index contributed by atoms with van der Waals surface area (Å²) in [6.07, 6.45) is 3.80. The monoisotopic (exact) mass is 308 g/mol. The first kappa shape index (κ1) is 15.5. The van der Waals surface area contributed by atoms with Gasteiger partial charge in [-0.25, -0.2) is 0 Å². The molecule has 2 heterocycles. The fourth-order valence-electron chi connectivity index (χ4n) is 2.92. The van der Waals surface area contributed by atoms with E-state index >= 15 is 0 Å². The number of hydrogen-bond acceptors (Lipinski definition) is 2. The molecule has 0 aliphatic carbocycles. The van der Waals surface area contributed by atoms with E-state index in [1.54, 1.807) is 0 Å². The molecule has 3 rings (SSSR count). The van der Waals surface area contributed by atoms with Gasteiger partial charge < -0.3 is 10.2 Å². The smallest absolute Gasteiger partial charge is 0.194 e. The van der Waals surface area contributed by atoms with Crippen LogP contribution in [-0.2, 0) is 19.4 Å². The van der Waals surface area contributed by atoms with Crippen molar-refractivity contribution in [3.05, 3.63) is 65.5 Å². The summed E-state index contributed by atoms with van der Waals surface area (Å²) in [6.45, 7) is 5.72. The molecule has 1 aliphatic heterocycles. The quantitative estimate of drug-likeness (QED) is 0.697. The van der Waals surface area contributed by atoms with Crippen molar-refractivity contribution in [2.45, 2.75) is 26.3 Å².